The third-order valence-electron chi connectivity index (χ3n) is 1.31. The van der Waals surface area contributed by atoms with E-state index in [9.17, 15) is 0 Å². The van der Waals surface area contributed by atoms with Gasteiger partial charge in [-0.1, -0.05) is 28.0 Å². The summed E-state index contributed by atoms with van der Waals surface area (Å²) in [5.41, 5.74) is 0. The Bertz CT molecular complexity index is 322. The predicted molar refractivity (Wildman–Crippen MR) is 40.4 cm³/mol. The van der Waals surface area contributed by atoms with Gasteiger partial charge in [0.05, 0.1) is 0 Å². The molecule has 0 aliphatic rings. The summed E-state index contributed by atoms with van der Waals surface area (Å²) in [7, 11) is 0. The first-order valence-electron chi connectivity index (χ1n) is 3.44. The minimum absolute atomic E-state index is 0.772. The number of tetrazole rings is 1. The number of rotatable bonds is 2. The minimum atomic E-state index is 0.772. The molecule has 0 aromatic carbocycles. The third-order valence-corrected chi connectivity index (χ3v) is 2.25. The van der Waals surface area contributed by atoms with E-state index in [-0.39, 0.29) is 0 Å². The summed E-state index contributed by atoms with van der Waals surface area (Å²) in [6, 6.07) is 0. The Morgan fingerprint density at radius 3 is 3.18 bits per heavy atom. The van der Waals surface area contributed by atoms with E-state index in [1.807, 2.05) is 0 Å². The summed E-state index contributed by atoms with van der Waals surface area (Å²) in [5, 5.41) is 16.2. The lowest BCUT2D eigenvalue weighted by atomic mass is 10.4. The van der Waals surface area contributed by atoms with E-state index < -0.39 is 0 Å². The van der Waals surface area contributed by atoms with Crippen molar-refractivity contribution >= 4 is 16.3 Å². The van der Waals surface area contributed by atoms with Crippen LogP contribution in [-0.4, -0.2) is 25.3 Å². The highest BCUT2D eigenvalue weighted by molar-refractivity contribution is 7.16. The van der Waals surface area contributed by atoms with Crippen LogP contribution in [0.25, 0.3) is 4.96 Å². The normalized spacial score (nSPS) is 11.0. The van der Waals surface area contributed by atoms with Crippen molar-refractivity contribution < 1.29 is 0 Å². The first-order chi connectivity index (χ1) is 5.40. The van der Waals surface area contributed by atoms with Crippen molar-refractivity contribution in [3.05, 3.63) is 5.01 Å². The van der Waals surface area contributed by atoms with Crippen molar-refractivity contribution in [3.63, 3.8) is 0 Å². The first-order valence-corrected chi connectivity index (χ1v) is 4.26. The Balaban J connectivity index is 2.42. The molecule has 0 radical (unpaired) electrons. The summed E-state index contributed by atoms with van der Waals surface area (Å²) in [6.07, 6.45) is 2.10. The van der Waals surface area contributed by atoms with Crippen LogP contribution in [0, 0.1) is 0 Å². The molecule has 0 amide bonds. The van der Waals surface area contributed by atoms with Crippen LogP contribution in [0.3, 0.4) is 0 Å². The largest absolute Gasteiger partial charge is 0.255 e. The molecule has 11 heavy (non-hydrogen) atoms. The molecule has 0 saturated heterocycles. The van der Waals surface area contributed by atoms with Crippen LogP contribution in [-0.2, 0) is 6.42 Å². The van der Waals surface area contributed by atoms with Gasteiger partial charge in [0, 0.05) is 6.42 Å². The Hall–Kier alpha value is -1.04. The standard InChI is InChI=1S/C5H7N5S/c1-2-3-4-7-10-5(11-4)6-8-9-10/h2-3H2,1H3. The molecule has 0 N–H and O–H groups in total. The van der Waals surface area contributed by atoms with Crippen molar-refractivity contribution in [2.75, 3.05) is 0 Å². The van der Waals surface area contributed by atoms with Crippen LogP contribution < -0.4 is 0 Å². The van der Waals surface area contributed by atoms with Crippen molar-refractivity contribution in [1.82, 2.24) is 25.3 Å². The van der Waals surface area contributed by atoms with Gasteiger partial charge >= 0.3 is 0 Å². The fraction of sp³-hybridized carbons (Fsp3) is 0.600. The predicted octanol–water partition coefficient (Wildman–Crippen LogP) is 0.533. The number of aryl methyl sites for hydroxylation is 1. The van der Waals surface area contributed by atoms with Crippen molar-refractivity contribution in [3.8, 4) is 0 Å². The van der Waals surface area contributed by atoms with Gasteiger partial charge in [-0.05, 0) is 16.8 Å². The Morgan fingerprint density at radius 2 is 2.45 bits per heavy atom. The van der Waals surface area contributed by atoms with E-state index in [4.69, 9.17) is 0 Å². The topological polar surface area (TPSA) is 56.0 Å². The zero-order valence-corrected chi connectivity index (χ0v) is 6.88. The van der Waals surface area contributed by atoms with Crippen LogP contribution in [0.1, 0.15) is 18.4 Å². The van der Waals surface area contributed by atoms with Gasteiger partial charge in [-0.25, -0.2) is 0 Å². The lowest BCUT2D eigenvalue weighted by Gasteiger charge is -1.83. The average Bonchev–Trinajstić information content (AvgIpc) is 2.46. The monoisotopic (exact) mass is 169 g/mol. The zero-order chi connectivity index (χ0) is 7.68. The van der Waals surface area contributed by atoms with Gasteiger partial charge in [-0.3, -0.25) is 0 Å². The fourth-order valence-corrected chi connectivity index (χ4v) is 1.72. The van der Waals surface area contributed by atoms with Crippen molar-refractivity contribution in [1.29, 1.82) is 0 Å². The van der Waals surface area contributed by atoms with E-state index in [0.29, 0.717) is 0 Å². The molecule has 5 nitrogen and oxygen atoms in total. The summed E-state index contributed by atoms with van der Waals surface area (Å²) in [6.45, 7) is 2.12. The van der Waals surface area contributed by atoms with Gasteiger partial charge < -0.3 is 0 Å². The molecular weight excluding hydrogens is 162 g/mol. The minimum Gasteiger partial charge on any atom is -0.140 e. The smallest absolute Gasteiger partial charge is 0.140 e. The number of fused-ring (bicyclic) bond motifs is 1. The van der Waals surface area contributed by atoms with Gasteiger partial charge in [-0.15, -0.1) is 5.10 Å². The Morgan fingerprint density at radius 1 is 1.55 bits per heavy atom. The molecule has 2 aromatic heterocycles. The number of hydrogen-bond acceptors (Lipinski definition) is 5. The molecule has 0 spiro atoms. The molecule has 6 heteroatoms. The van der Waals surface area contributed by atoms with Crippen LogP contribution >= 0.6 is 11.3 Å². The van der Waals surface area contributed by atoms with E-state index >= 15 is 0 Å². The van der Waals surface area contributed by atoms with Gasteiger partial charge in [0.25, 0.3) is 4.96 Å². The van der Waals surface area contributed by atoms with Crippen molar-refractivity contribution in [2.45, 2.75) is 19.8 Å². The van der Waals surface area contributed by atoms with Gasteiger partial charge in [0.15, 0.2) is 0 Å². The maximum Gasteiger partial charge on any atom is 0.255 e. The molecule has 58 valence electrons. The van der Waals surface area contributed by atoms with Crippen LogP contribution in [0.15, 0.2) is 0 Å². The van der Waals surface area contributed by atoms with Gasteiger partial charge in [-0.2, -0.15) is 0 Å². The maximum atomic E-state index is 4.16. The molecule has 2 rings (SSSR count). The fourth-order valence-electron chi connectivity index (χ4n) is 0.845. The van der Waals surface area contributed by atoms with Crippen LogP contribution in [0.4, 0.5) is 0 Å². The maximum absolute atomic E-state index is 4.16. The SMILES string of the molecule is CCCc1nn2nnnc2s1. The molecule has 0 fully saturated rings. The highest BCUT2D eigenvalue weighted by Crippen LogP contribution is 2.11. The van der Waals surface area contributed by atoms with Crippen molar-refractivity contribution in [2.24, 2.45) is 0 Å². The second-order valence-electron chi connectivity index (χ2n) is 2.20. The summed E-state index contributed by atoms with van der Waals surface area (Å²) in [4.78, 5) is 0.772. The van der Waals surface area contributed by atoms with Gasteiger partial charge in [0.1, 0.15) is 5.01 Å². The average molecular weight is 169 g/mol. The number of hydrogen-bond donors (Lipinski definition) is 0. The Kier molecular flexibility index (Phi) is 1.54. The summed E-state index contributed by atoms with van der Waals surface area (Å²) < 4.78 is 1.47. The van der Waals surface area contributed by atoms with E-state index in [1.165, 1.54) is 4.63 Å². The molecule has 2 heterocycles. The van der Waals surface area contributed by atoms with E-state index in [0.717, 1.165) is 22.8 Å². The quantitative estimate of drug-likeness (QED) is 0.658. The highest BCUT2D eigenvalue weighted by Gasteiger charge is 2.03. The molecule has 0 bridgehead atoms. The third kappa shape index (κ3) is 1.09. The van der Waals surface area contributed by atoms with Crippen LogP contribution in [0.2, 0.25) is 0 Å². The molecular formula is C5H7N5S. The highest BCUT2D eigenvalue weighted by atomic mass is 32.1. The second kappa shape index (κ2) is 2.54. The van der Waals surface area contributed by atoms with E-state index in [2.05, 4.69) is 27.5 Å². The Labute approximate surface area is 67.0 Å². The summed E-state index contributed by atoms with van der Waals surface area (Å²) >= 11 is 1.54. The lowest BCUT2D eigenvalue weighted by Crippen LogP contribution is -1.89. The molecule has 2 aromatic rings. The summed E-state index contributed by atoms with van der Waals surface area (Å²) in [5.74, 6) is 0. The second-order valence-corrected chi connectivity index (χ2v) is 3.24. The molecule has 0 unspecified atom stereocenters. The molecule has 0 aliphatic carbocycles. The molecule has 0 aliphatic heterocycles. The van der Waals surface area contributed by atoms with Gasteiger partial charge in [0.2, 0.25) is 0 Å². The molecule has 0 atom stereocenters. The zero-order valence-electron chi connectivity index (χ0n) is 6.06. The van der Waals surface area contributed by atoms with E-state index in [1.54, 1.807) is 11.3 Å². The first kappa shape index (κ1) is 6.66. The lowest BCUT2D eigenvalue weighted by molar-refractivity contribution is 0.720. The number of nitrogens with zero attached hydrogens (tertiary/aromatic N) is 5. The number of aromatic nitrogens is 5. The molecule has 0 saturated carbocycles. The van der Waals surface area contributed by atoms with Crippen LogP contribution in [0.5, 0.6) is 0 Å².